The van der Waals surface area contributed by atoms with Crippen LogP contribution in [0.4, 0.5) is 13.2 Å². The molecule has 0 aliphatic rings. The molecule has 0 bridgehead atoms. The summed E-state index contributed by atoms with van der Waals surface area (Å²) in [6.07, 6.45) is -4.45. The first-order valence-corrected chi connectivity index (χ1v) is 11.4. The van der Waals surface area contributed by atoms with E-state index in [1.54, 1.807) is 36.4 Å². The second-order valence-electron chi connectivity index (χ2n) is 8.18. The van der Waals surface area contributed by atoms with Gasteiger partial charge in [-0.2, -0.15) is 13.2 Å². The molecule has 3 nitrogen and oxygen atoms in total. The van der Waals surface area contributed by atoms with Gasteiger partial charge in [-0.25, -0.2) is 0 Å². The van der Waals surface area contributed by atoms with Crippen molar-refractivity contribution >= 4 is 50.9 Å². The third-order valence-electron chi connectivity index (χ3n) is 6.00. The number of halogens is 5. The van der Waals surface area contributed by atoms with Crippen LogP contribution in [0.5, 0.6) is 0 Å². The molecule has 176 valence electrons. The van der Waals surface area contributed by atoms with Crippen LogP contribution >= 0.6 is 23.2 Å². The molecule has 0 spiro atoms. The number of hydrogen-bond acceptors (Lipinski definition) is 1. The lowest BCUT2D eigenvalue weighted by atomic mass is 10.0. The maximum Gasteiger partial charge on any atom is 0.416 e. The maximum absolute atomic E-state index is 13.3. The van der Waals surface area contributed by atoms with Gasteiger partial charge in [-0.15, -0.1) is 0 Å². The highest BCUT2D eigenvalue weighted by molar-refractivity contribution is 6.39. The first-order chi connectivity index (χ1) is 16.6. The summed E-state index contributed by atoms with van der Waals surface area (Å²) in [6, 6.07) is 21.1. The number of alkyl halides is 3. The Morgan fingerprint density at radius 3 is 2.23 bits per heavy atom. The lowest BCUT2D eigenvalue weighted by Gasteiger charge is -2.12. The Morgan fingerprint density at radius 2 is 1.54 bits per heavy atom. The predicted molar refractivity (Wildman–Crippen MR) is 134 cm³/mol. The van der Waals surface area contributed by atoms with E-state index in [2.05, 4.69) is 0 Å². The van der Waals surface area contributed by atoms with E-state index in [1.807, 2.05) is 28.8 Å². The molecule has 0 fully saturated rings. The SMILES string of the molecule is NC(=O)c1cccc2c1c1ccc(-c3c(Cl)cccc3Cl)cc1n2Cc1cccc(C(F)(F)F)c1. The molecule has 1 amide bonds. The molecule has 35 heavy (non-hydrogen) atoms. The molecule has 0 saturated heterocycles. The topological polar surface area (TPSA) is 48.0 Å². The number of aromatic nitrogens is 1. The average molecular weight is 513 g/mol. The number of hydrogen-bond donors (Lipinski definition) is 1. The van der Waals surface area contributed by atoms with E-state index < -0.39 is 17.6 Å². The van der Waals surface area contributed by atoms with Crippen molar-refractivity contribution in [1.82, 2.24) is 4.57 Å². The van der Waals surface area contributed by atoms with Crippen molar-refractivity contribution < 1.29 is 18.0 Å². The molecule has 0 unspecified atom stereocenters. The summed E-state index contributed by atoms with van der Waals surface area (Å²) in [5.41, 5.74) is 8.49. The van der Waals surface area contributed by atoms with E-state index in [-0.39, 0.29) is 6.54 Å². The highest BCUT2D eigenvalue weighted by atomic mass is 35.5. The number of fused-ring (bicyclic) bond motifs is 3. The molecule has 5 rings (SSSR count). The summed E-state index contributed by atoms with van der Waals surface area (Å²) in [4.78, 5) is 12.2. The normalized spacial score (nSPS) is 11.9. The van der Waals surface area contributed by atoms with Gasteiger partial charge in [0.05, 0.1) is 16.6 Å². The van der Waals surface area contributed by atoms with Crippen LogP contribution < -0.4 is 5.73 Å². The number of carbonyl (C=O) groups excluding carboxylic acids is 1. The minimum atomic E-state index is -4.45. The van der Waals surface area contributed by atoms with Crippen molar-refractivity contribution in [2.24, 2.45) is 5.73 Å². The summed E-state index contributed by atoms with van der Waals surface area (Å²) >= 11 is 12.9. The minimum Gasteiger partial charge on any atom is -0.366 e. The molecule has 8 heteroatoms. The molecule has 4 aromatic carbocycles. The van der Waals surface area contributed by atoms with E-state index in [0.717, 1.165) is 23.1 Å². The van der Waals surface area contributed by atoms with Crippen LogP contribution in [0.3, 0.4) is 0 Å². The van der Waals surface area contributed by atoms with Crippen molar-refractivity contribution in [3.8, 4) is 11.1 Å². The highest BCUT2D eigenvalue weighted by Crippen LogP contribution is 2.39. The molecule has 1 heterocycles. The van der Waals surface area contributed by atoms with Crippen LogP contribution in [-0.4, -0.2) is 10.5 Å². The first-order valence-electron chi connectivity index (χ1n) is 10.6. The molecule has 0 atom stereocenters. The zero-order valence-electron chi connectivity index (χ0n) is 18.0. The summed E-state index contributed by atoms with van der Waals surface area (Å²) in [7, 11) is 0. The van der Waals surface area contributed by atoms with Crippen molar-refractivity contribution in [1.29, 1.82) is 0 Å². The van der Waals surface area contributed by atoms with Crippen LogP contribution in [0.15, 0.2) is 78.9 Å². The highest BCUT2D eigenvalue weighted by Gasteiger charge is 2.30. The first kappa shape index (κ1) is 23.3. The third-order valence-corrected chi connectivity index (χ3v) is 6.63. The minimum absolute atomic E-state index is 0.145. The second-order valence-corrected chi connectivity index (χ2v) is 8.99. The zero-order chi connectivity index (χ0) is 24.9. The quantitative estimate of drug-likeness (QED) is 0.261. The molecule has 2 N–H and O–H groups in total. The number of primary amides is 1. The molecular weight excluding hydrogens is 496 g/mol. The van der Waals surface area contributed by atoms with E-state index in [0.29, 0.717) is 43.2 Å². The smallest absolute Gasteiger partial charge is 0.366 e. The number of nitrogens with two attached hydrogens (primary N) is 1. The fourth-order valence-electron chi connectivity index (χ4n) is 4.48. The van der Waals surface area contributed by atoms with Gasteiger partial charge in [0, 0.05) is 38.5 Å². The van der Waals surface area contributed by atoms with Crippen LogP contribution in [0.2, 0.25) is 10.0 Å². The zero-order valence-corrected chi connectivity index (χ0v) is 19.5. The van der Waals surface area contributed by atoms with Crippen molar-refractivity contribution in [2.45, 2.75) is 12.7 Å². The fourth-order valence-corrected chi connectivity index (χ4v) is 5.09. The standard InChI is InChI=1S/C27H17Cl2F3N2O/c28-20-7-3-8-21(29)24(20)16-10-11-18-23(13-16)34(22-9-2-6-19(25(18)22)26(33)35)14-15-4-1-5-17(12-15)27(30,31)32/h1-13H,14H2,(H2,33,35). The Kier molecular flexibility index (Phi) is 5.74. The Morgan fingerprint density at radius 1 is 0.857 bits per heavy atom. The van der Waals surface area contributed by atoms with Gasteiger partial charge in [-0.05, 0) is 53.6 Å². The number of carbonyl (C=O) groups is 1. The van der Waals surface area contributed by atoms with Crippen LogP contribution in [-0.2, 0) is 12.7 Å². The van der Waals surface area contributed by atoms with Crippen LogP contribution in [0, 0.1) is 0 Å². The van der Waals surface area contributed by atoms with Crippen LogP contribution in [0.25, 0.3) is 32.9 Å². The van der Waals surface area contributed by atoms with Crippen molar-refractivity contribution in [3.63, 3.8) is 0 Å². The average Bonchev–Trinajstić information content (AvgIpc) is 3.11. The summed E-state index contributed by atoms with van der Waals surface area (Å²) in [5.74, 6) is -0.591. The van der Waals surface area contributed by atoms with Crippen LogP contribution in [0.1, 0.15) is 21.5 Å². The lowest BCUT2D eigenvalue weighted by Crippen LogP contribution is -2.11. The van der Waals surface area contributed by atoms with E-state index in [1.165, 1.54) is 6.07 Å². The molecule has 0 aliphatic heterocycles. The fraction of sp³-hybridized carbons (Fsp3) is 0.0741. The molecule has 0 saturated carbocycles. The number of benzene rings is 4. The predicted octanol–water partition coefficient (Wildman–Crippen LogP) is 7.93. The molecule has 5 aromatic rings. The van der Waals surface area contributed by atoms with Gasteiger partial charge in [-0.3, -0.25) is 4.79 Å². The Bertz CT molecular complexity index is 1600. The van der Waals surface area contributed by atoms with E-state index in [9.17, 15) is 18.0 Å². The van der Waals surface area contributed by atoms with Gasteiger partial charge in [0.1, 0.15) is 0 Å². The number of nitrogens with zero attached hydrogens (tertiary/aromatic N) is 1. The van der Waals surface area contributed by atoms with Crippen molar-refractivity contribution in [3.05, 3.63) is 106 Å². The Hall–Kier alpha value is -3.48. The van der Waals surface area contributed by atoms with E-state index in [4.69, 9.17) is 28.9 Å². The summed E-state index contributed by atoms with van der Waals surface area (Å²) in [5, 5.41) is 2.32. The molecule has 0 aliphatic carbocycles. The van der Waals surface area contributed by atoms with Gasteiger partial charge in [0.25, 0.3) is 0 Å². The van der Waals surface area contributed by atoms with Gasteiger partial charge in [-0.1, -0.05) is 59.6 Å². The maximum atomic E-state index is 13.3. The van der Waals surface area contributed by atoms with Gasteiger partial charge >= 0.3 is 6.18 Å². The van der Waals surface area contributed by atoms with Crippen molar-refractivity contribution in [2.75, 3.05) is 0 Å². The van der Waals surface area contributed by atoms with Gasteiger partial charge < -0.3 is 10.3 Å². The summed E-state index contributed by atoms with van der Waals surface area (Å²) in [6.45, 7) is 0.145. The second kappa shape index (κ2) is 8.63. The summed E-state index contributed by atoms with van der Waals surface area (Å²) < 4.78 is 41.9. The molecule has 1 aromatic heterocycles. The van der Waals surface area contributed by atoms with E-state index >= 15 is 0 Å². The molecule has 0 radical (unpaired) electrons. The largest absolute Gasteiger partial charge is 0.416 e. The van der Waals surface area contributed by atoms with Gasteiger partial charge in [0.15, 0.2) is 0 Å². The number of amides is 1. The monoisotopic (exact) mass is 512 g/mol. The number of rotatable bonds is 4. The third kappa shape index (κ3) is 4.13. The lowest BCUT2D eigenvalue weighted by molar-refractivity contribution is -0.137. The molecular formula is C27H17Cl2F3N2O. The van der Waals surface area contributed by atoms with Gasteiger partial charge in [0.2, 0.25) is 5.91 Å². The Labute approximate surface area is 208 Å². The Balaban J connectivity index is 1.79.